The van der Waals surface area contributed by atoms with E-state index in [0.717, 1.165) is 101 Å². The molecule has 3 atom stereocenters. The number of para-hydroxylation sites is 5. The predicted molar refractivity (Wildman–Crippen MR) is 468 cm³/mol. The lowest BCUT2D eigenvalue weighted by atomic mass is 10.0. The van der Waals surface area contributed by atoms with E-state index >= 15 is 0 Å². The van der Waals surface area contributed by atoms with Crippen LogP contribution in [0.5, 0.6) is 51.7 Å². The zero-order valence-corrected chi connectivity index (χ0v) is 72.9. The Bertz CT molecular complexity index is 4200. The highest BCUT2D eigenvalue weighted by Gasteiger charge is 2.14. The van der Waals surface area contributed by atoms with Gasteiger partial charge in [0.15, 0.2) is 0 Å². The van der Waals surface area contributed by atoms with Gasteiger partial charge in [0.2, 0.25) is 5.91 Å². The molecule has 0 saturated heterocycles. The summed E-state index contributed by atoms with van der Waals surface area (Å²) in [6.07, 6.45) is 4.91. The first-order valence-electron chi connectivity index (χ1n) is 38.2. The number of aliphatic hydroxyl groups excluding tert-OH is 6. The average Bonchev–Trinajstić information content (AvgIpc) is 0.967. The molecule has 9 aromatic carbocycles. The topological polar surface area (TPSA) is 299 Å². The Kier molecular flexibility index (Phi) is 57.4. The van der Waals surface area contributed by atoms with Crippen LogP contribution in [0.4, 0.5) is 0 Å². The highest BCUT2D eigenvalue weighted by Crippen LogP contribution is 2.31. The Morgan fingerprint density at radius 1 is 0.410 bits per heavy atom. The van der Waals surface area contributed by atoms with Gasteiger partial charge in [0.05, 0.1) is 93.1 Å². The van der Waals surface area contributed by atoms with Crippen LogP contribution in [0, 0.1) is 6.92 Å². The van der Waals surface area contributed by atoms with Gasteiger partial charge in [-0.2, -0.15) is 0 Å². The molecule has 0 aromatic heterocycles. The van der Waals surface area contributed by atoms with Crippen molar-refractivity contribution in [3.63, 3.8) is 0 Å². The van der Waals surface area contributed by atoms with Crippen molar-refractivity contribution in [3.05, 3.63) is 264 Å². The number of hydrogen-bond donors (Lipinski definition) is 8. The molecule has 0 radical (unpaired) electrons. The highest BCUT2D eigenvalue weighted by atomic mass is 35.5. The number of hydrogen-bond acceptors (Lipinski definition) is 18. The Labute approximate surface area is 712 Å². The lowest BCUT2D eigenvalue weighted by molar-refractivity contribution is -0.137. The van der Waals surface area contributed by atoms with E-state index < -0.39 is 18.0 Å². The second kappa shape index (κ2) is 63.6. The molecule has 0 saturated carbocycles. The summed E-state index contributed by atoms with van der Waals surface area (Å²) in [5.41, 5.74) is 8.62. The third kappa shape index (κ3) is 44.0. The molecular formula is C92H121Cl4NO20. The van der Waals surface area contributed by atoms with E-state index in [1.807, 2.05) is 154 Å². The van der Waals surface area contributed by atoms with Gasteiger partial charge in [-0.05, 0) is 198 Å². The standard InChI is InChI=1S/C14H19Cl2NO2.C11H16O2.4C10H14O2.C9H9ClO3.C9H11ClO2.C9H10O3/c1-3-17(4-2)14(18)6-5-9-19-13-8-7-11(15)10-12(13)16;1-2-9-13-11-6-4-3-5-10(11)7-8-12;1-8-7-9(5-6-11)3-4-10(8)12-2;1-8(7-11)9-5-3-4-6-10(9)12-2;1-8(11)7-9-5-3-4-6-10(9)12-2;1-12-10-7-3-2-5-9(10)6-4-8-11;1-13-8-3-2-7(10)4-6(8)5-9(11)12;1-6(11)8-5-7(10)3-4-9(8)12-2;1-12-8-5-3-2-4-7(8)6-9(10)11/h7-8,10H,3-6,9H2,1-2H3;3-6,12H,2,7-9H2,1H3;3-4,7,11H,5-6H2,1-2H3;2*3-6,8,11H,7H2,1-2H3;2-3,5,7,11H,4,6,8H2,1H3;2-4H,5H2,1H3,(H,11,12);3-6,11H,1-2H3;2-5H,6H2,1H3,(H,10,11). The number of aryl methyl sites for hydroxylation is 2. The zero-order chi connectivity index (χ0) is 87.5. The van der Waals surface area contributed by atoms with Crippen molar-refractivity contribution in [1.82, 2.24) is 4.90 Å². The number of rotatable bonds is 33. The molecule has 0 aliphatic carbocycles. The monoisotopic (exact) mass is 1700 g/mol. The fraction of sp³-hybridized carbons (Fsp3) is 0.380. The summed E-state index contributed by atoms with van der Waals surface area (Å²) in [6.45, 7) is 16.9. The number of amides is 1. The smallest absolute Gasteiger partial charge is 0.307 e. The first-order chi connectivity index (χ1) is 56.2. The third-order valence-electron chi connectivity index (χ3n) is 16.7. The molecule has 21 nitrogen and oxygen atoms in total. The molecule has 117 heavy (non-hydrogen) atoms. The molecule has 0 aliphatic rings. The van der Waals surface area contributed by atoms with Crippen LogP contribution in [0.3, 0.4) is 0 Å². The number of nitrogens with zero attached hydrogens (tertiary/aromatic N) is 1. The van der Waals surface area contributed by atoms with Gasteiger partial charge in [-0.15, -0.1) is 0 Å². The maximum atomic E-state index is 11.8. The molecule has 0 bridgehead atoms. The number of aliphatic hydroxyl groups is 6. The molecule has 3 unspecified atom stereocenters. The minimum atomic E-state index is -0.902. The van der Waals surface area contributed by atoms with E-state index in [4.69, 9.17) is 120 Å². The van der Waals surface area contributed by atoms with Crippen LogP contribution in [-0.4, -0.2) is 172 Å². The second-order valence-corrected chi connectivity index (χ2v) is 27.3. The molecule has 25 heteroatoms. The fourth-order valence-electron chi connectivity index (χ4n) is 10.8. The van der Waals surface area contributed by atoms with E-state index in [1.165, 1.54) is 14.2 Å². The SMILES string of the molecule is CCCOc1ccccc1CCO.CCN(CC)C(=O)CCCOc1ccc(Cl)cc1Cl.COc1ccc(CCO)cc1C.COc1ccc(Cl)cc1C(C)O.COc1ccc(Cl)cc1CC(=O)O.COc1ccccc1C(C)CO.COc1ccccc1CC(=O)O.COc1ccccc1CC(C)O.COc1ccccc1CCCO. The number of halogens is 4. The number of carbonyl (C=O) groups is 3. The van der Waals surface area contributed by atoms with Crippen molar-refractivity contribution >= 4 is 64.2 Å². The van der Waals surface area contributed by atoms with E-state index in [9.17, 15) is 24.6 Å². The molecule has 1 amide bonds. The normalized spacial score (nSPS) is 10.7. The Hall–Kier alpha value is -9.49. The molecule has 0 fully saturated rings. The lowest BCUT2D eigenvalue weighted by Crippen LogP contribution is -2.30. The van der Waals surface area contributed by atoms with Gasteiger partial charge in [0.1, 0.15) is 51.7 Å². The van der Waals surface area contributed by atoms with Crippen LogP contribution in [0.15, 0.2) is 194 Å². The molecule has 8 N–H and O–H groups in total. The second-order valence-electron chi connectivity index (χ2n) is 25.6. The number of benzene rings is 9. The van der Waals surface area contributed by atoms with Crippen molar-refractivity contribution in [2.24, 2.45) is 0 Å². The first kappa shape index (κ1) is 106. The van der Waals surface area contributed by atoms with Crippen LogP contribution >= 0.6 is 46.4 Å². The van der Waals surface area contributed by atoms with Gasteiger partial charge in [0, 0.05) is 90.0 Å². The molecule has 0 aliphatic heterocycles. The minimum absolute atomic E-state index is 0.00398. The Balaban J connectivity index is 0.000000661. The van der Waals surface area contributed by atoms with Gasteiger partial charge in [-0.3, -0.25) is 14.4 Å². The predicted octanol–water partition coefficient (Wildman–Crippen LogP) is 18.3. The van der Waals surface area contributed by atoms with E-state index in [2.05, 4.69) is 6.92 Å². The average molecular weight is 1700 g/mol. The Morgan fingerprint density at radius 2 is 0.829 bits per heavy atom. The minimum Gasteiger partial charge on any atom is -0.496 e. The highest BCUT2D eigenvalue weighted by molar-refractivity contribution is 6.35. The summed E-state index contributed by atoms with van der Waals surface area (Å²) < 4.78 is 46.6. The van der Waals surface area contributed by atoms with E-state index in [1.54, 1.807) is 122 Å². The van der Waals surface area contributed by atoms with E-state index in [0.29, 0.717) is 98.5 Å². The molecule has 0 spiro atoms. The number of methoxy groups -OCH3 is 7. The van der Waals surface area contributed by atoms with Crippen LogP contribution in [0.25, 0.3) is 0 Å². The maximum absolute atomic E-state index is 11.8. The van der Waals surface area contributed by atoms with Gasteiger partial charge >= 0.3 is 11.9 Å². The van der Waals surface area contributed by atoms with Crippen molar-refractivity contribution in [2.45, 2.75) is 131 Å². The van der Waals surface area contributed by atoms with Crippen LogP contribution in [0.2, 0.25) is 20.1 Å². The van der Waals surface area contributed by atoms with Crippen LogP contribution in [-0.2, 0) is 52.9 Å². The van der Waals surface area contributed by atoms with Crippen LogP contribution in [0.1, 0.15) is 129 Å². The van der Waals surface area contributed by atoms with Crippen molar-refractivity contribution in [1.29, 1.82) is 0 Å². The lowest BCUT2D eigenvalue weighted by Gasteiger charge is -2.18. The molecule has 9 aromatic rings. The van der Waals surface area contributed by atoms with E-state index in [-0.39, 0.29) is 57.2 Å². The largest absolute Gasteiger partial charge is 0.496 e. The maximum Gasteiger partial charge on any atom is 0.307 e. The molecule has 9 rings (SSSR count). The summed E-state index contributed by atoms with van der Waals surface area (Å²) in [5.74, 6) is 5.39. The molecule has 642 valence electrons. The van der Waals surface area contributed by atoms with Crippen molar-refractivity contribution in [3.8, 4) is 51.7 Å². The summed E-state index contributed by atoms with van der Waals surface area (Å²) in [4.78, 5) is 34.4. The summed E-state index contributed by atoms with van der Waals surface area (Å²) in [6, 6.07) is 59.4. The van der Waals surface area contributed by atoms with Crippen LogP contribution < -0.4 is 42.6 Å². The fourth-order valence-corrected chi connectivity index (χ4v) is 11.6. The first-order valence-corrected chi connectivity index (χ1v) is 39.8. The molecule has 0 heterocycles. The number of ether oxygens (including phenoxy) is 9. The third-order valence-corrected chi connectivity index (χ3v) is 17.7. The summed E-state index contributed by atoms with van der Waals surface area (Å²) >= 11 is 23.2. The summed E-state index contributed by atoms with van der Waals surface area (Å²) in [7, 11) is 11.2. The number of aliphatic carboxylic acids is 2. The summed E-state index contributed by atoms with van der Waals surface area (Å²) in [5, 5.41) is 72.9. The van der Waals surface area contributed by atoms with Gasteiger partial charge in [-0.1, -0.05) is 163 Å². The number of carboxylic acid groups (broad SMARTS) is 2. The quantitative estimate of drug-likeness (QED) is 0.0177. The Morgan fingerprint density at radius 3 is 1.31 bits per heavy atom. The van der Waals surface area contributed by atoms with Gasteiger partial charge < -0.3 is 88.4 Å². The van der Waals surface area contributed by atoms with Crippen molar-refractivity contribution < 1.29 is 97.9 Å². The van der Waals surface area contributed by atoms with Crippen molar-refractivity contribution in [2.75, 3.05) is 102 Å². The number of carbonyl (C=O) groups excluding carboxylic acids is 1. The van der Waals surface area contributed by atoms with Gasteiger partial charge in [0.25, 0.3) is 0 Å². The number of carboxylic acids is 2. The zero-order valence-electron chi connectivity index (χ0n) is 69.9. The van der Waals surface area contributed by atoms with Gasteiger partial charge in [-0.25, -0.2) is 0 Å². The molecular weight excluding hydrogens is 1580 g/mol.